The number of thiophene rings is 2. The van der Waals surface area contributed by atoms with E-state index in [0.29, 0.717) is 37.3 Å². The molecule has 0 bridgehead atoms. The van der Waals surface area contributed by atoms with Gasteiger partial charge in [0, 0.05) is 42.1 Å². The highest BCUT2D eigenvalue weighted by atomic mass is 32.1. The third-order valence-electron chi connectivity index (χ3n) is 8.02. The predicted octanol–water partition coefficient (Wildman–Crippen LogP) is 2.94. The zero-order chi connectivity index (χ0) is 25.7. The molecule has 4 heterocycles. The summed E-state index contributed by atoms with van der Waals surface area (Å²) in [5, 5.41) is 30.9. The molecule has 2 N–H and O–H groups in total. The monoisotopic (exact) mass is 534 g/mol. The molecular formula is C26H30N8OS2. The van der Waals surface area contributed by atoms with Crippen LogP contribution in [0.2, 0.25) is 0 Å². The number of hydrogen-bond acceptors (Lipinski definition) is 9. The molecule has 1 saturated heterocycles. The Hall–Kier alpha value is -3.07. The number of hydrogen-bond donors (Lipinski definition) is 2. The summed E-state index contributed by atoms with van der Waals surface area (Å²) in [6.07, 6.45) is 4.64. The zero-order valence-corrected chi connectivity index (χ0v) is 22.7. The van der Waals surface area contributed by atoms with E-state index in [2.05, 4.69) is 61.0 Å². The minimum atomic E-state index is -0.617. The molecule has 1 saturated carbocycles. The maximum absolute atomic E-state index is 12.9. The summed E-state index contributed by atoms with van der Waals surface area (Å²) in [6.45, 7) is 5.63. The van der Waals surface area contributed by atoms with Crippen LogP contribution in [0.25, 0.3) is 0 Å². The van der Waals surface area contributed by atoms with Gasteiger partial charge in [0.05, 0.1) is 16.4 Å². The van der Waals surface area contributed by atoms with Gasteiger partial charge in [-0.15, -0.1) is 32.9 Å². The summed E-state index contributed by atoms with van der Waals surface area (Å²) in [4.78, 5) is 20.0. The quantitative estimate of drug-likeness (QED) is 0.427. The summed E-state index contributed by atoms with van der Waals surface area (Å²) >= 11 is 3.35. The molecule has 2 aliphatic carbocycles. The first-order valence-electron chi connectivity index (χ1n) is 12.7. The standard InChI is InChI=1S/C26H30N8OS2/c1-15(34-17(13-27)10-16-11-20(16)34)14-28-8-7-26(25-29-31-32-30-25)18-6-9-36-21(18)4-5-22-19(26)12-23(37-22)24(35)33(2)3/h6,9,12,16-17,20,28H,1,4-5,7-8,10-11,14H2,2-3H3,(H,29,30,31,32)/t16-,17?,20+,26?/m1/s1. The van der Waals surface area contributed by atoms with Crippen LogP contribution in [-0.4, -0.2) is 75.6 Å². The average Bonchev–Trinajstić information content (AvgIpc) is 3.41. The minimum Gasteiger partial charge on any atom is -0.355 e. The molecule has 192 valence electrons. The van der Waals surface area contributed by atoms with E-state index in [4.69, 9.17) is 0 Å². The fourth-order valence-corrected chi connectivity index (χ4v) is 8.40. The van der Waals surface area contributed by atoms with Crippen molar-refractivity contribution < 1.29 is 4.79 Å². The van der Waals surface area contributed by atoms with Crippen LogP contribution in [0, 0.1) is 17.2 Å². The molecule has 3 aromatic rings. The number of likely N-dealkylation sites (tertiary alicyclic amines) is 1. The van der Waals surface area contributed by atoms with Crippen molar-refractivity contribution >= 4 is 28.6 Å². The SMILES string of the molecule is C=C(CNCCC1(c2nn[nH]n2)c2ccsc2CCc2sc(C(=O)N(C)C)cc21)N1C(C#N)C[C@@H]2C[C@@H]21. The average molecular weight is 535 g/mol. The number of aromatic nitrogens is 4. The number of carbonyl (C=O) groups is 1. The van der Waals surface area contributed by atoms with E-state index >= 15 is 0 Å². The maximum Gasteiger partial charge on any atom is 0.263 e. The van der Waals surface area contributed by atoms with Gasteiger partial charge in [-0.2, -0.15) is 10.5 Å². The number of H-pyrrole nitrogens is 1. The molecule has 2 fully saturated rings. The molecule has 3 aliphatic rings. The van der Waals surface area contributed by atoms with Crippen LogP contribution in [0.5, 0.6) is 0 Å². The fourth-order valence-electron chi connectivity index (χ4n) is 6.18. The van der Waals surface area contributed by atoms with Gasteiger partial charge in [-0.3, -0.25) is 4.79 Å². The second-order valence-electron chi connectivity index (χ2n) is 10.4. The smallest absolute Gasteiger partial charge is 0.263 e. The number of carbonyl (C=O) groups excluding carboxylic acids is 1. The van der Waals surface area contributed by atoms with Crippen molar-refractivity contribution in [2.24, 2.45) is 5.92 Å². The number of aryl methyl sites for hydroxylation is 2. The zero-order valence-electron chi connectivity index (χ0n) is 21.0. The van der Waals surface area contributed by atoms with Crippen LogP contribution in [-0.2, 0) is 18.3 Å². The lowest BCUT2D eigenvalue weighted by Crippen LogP contribution is -2.38. The van der Waals surface area contributed by atoms with E-state index in [1.807, 2.05) is 0 Å². The first kappa shape index (κ1) is 24.3. The number of aromatic amines is 1. The summed E-state index contributed by atoms with van der Waals surface area (Å²) in [5.74, 6) is 1.29. The van der Waals surface area contributed by atoms with Crippen molar-refractivity contribution in [2.45, 2.75) is 49.6 Å². The molecule has 6 rings (SSSR count). The Labute approximate surface area is 224 Å². The lowest BCUT2D eigenvalue weighted by molar-refractivity contribution is 0.0832. The van der Waals surface area contributed by atoms with Gasteiger partial charge in [-0.05, 0) is 73.2 Å². The fraction of sp³-hybridized carbons (Fsp3) is 0.500. The molecule has 9 nitrogen and oxygen atoms in total. The molecule has 0 aromatic carbocycles. The van der Waals surface area contributed by atoms with Crippen molar-refractivity contribution in [3.05, 3.63) is 61.4 Å². The summed E-state index contributed by atoms with van der Waals surface area (Å²) < 4.78 is 0. The van der Waals surface area contributed by atoms with E-state index in [1.54, 1.807) is 41.7 Å². The maximum atomic E-state index is 12.9. The second kappa shape index (κ2) is 9.35. The Kier molecular flexibility index (Phi) is 6.13. The van der Waals surface area contributed by atoms with Crippen LogP contribution >= 0.6 is 22.7 Å². The molecule has 2 unspecified atom stereocenters. The first-order valence-corrected chi connectivity index (χ1v) is 14.4. The molecule has 1 amide bonds. The summed E-state index contributed by atoms with van der Waals surface area (Å²) in [5.41, 5.74) is 2.67. The van der Waals surface area contributed by atoms with Crippen molar-refractivity contribution in [1.29, 1.82) is 5.26 Å². The largest absolute Gasteiger partial charge is 0.355 e. The molecule has 4 atom stereocenters. The van der Waals surface area contributed by atoms with Gasteiger partial charge in [-0.25, -0.2) is 0 Å². The minimum absolute atomic E-state index is 0.0103. The van der Waals surface area contributed by atoms with Crippen LogP contribution in [0.1, 0.15) is 55.6 Å². The van der Waals surface area contributed by atoms with E-state index < -0.39 is 5.41 Å². The predicted molar refractivity (Wildman–Crippen MR) is 143 cm³/mol. The number of nitrogens with zero attached hydrogens (tertiary/aromatic N) is 6. The number of piperidine rings is 1. The number of tetrazole rings is 1. The number of nitrogens with one attached hydrogen (secondary N) is 2. The number of fused-ring (bicyclic) bond motifs is 3. The van der Waals surface area contributed by atoms with E-state index in [-0.39, 0.29) is 11.9 Å². The van der Waals surface area contributed by atoms with Gasteiger partial charge in [-0.1, -0.05) is 11.8 Å². The number of amides is 1. The van der Waals surface area contributed by atoms with E-state index in [0.717, 1.165) is 35.4 Å². The molecule has 3 aromatic heterocycles. The third-order valence-corrected chi connectivity index (χ3v) is 10.2. The molecule has 0 radical (unpaired) electrons. The lowest BCUT2D eigenvalue weighted by atomic mass is 9.72. The molecule has 0 spiro atoms. The van der Waals surface area contributed by atoms with E-state index in [1.165, 1.54) is 21.7 Å². The molecular weight excluding hydrogens is 504 g/mol. The van der Waals surface area contributed by atoms with Crippen LogP contribution < -0.4 is 5.32 Å². The highest BCUT2D eigenvalue weighted by Crippen LogP contribution is 2.50. The Balaban J connectivity index is 1.31. The molecule has 1 aliphatic heterocycles. The number of nitriles is 1. The van der Waals surface area contributed by atoms with Gasteiger partial charge in [0.25, 0.3) is 5.91 Å². The highest BCUT2D eigenvalue weighted by Gasteiger charge is 2.52. The second-order valence-corrected chi connectivity index (χ2v) is 12.5. The third kappa shape index (κ3) is 3.98. The van der Waals surface area contributed by atoms with Crippen LogP contribution in [0.15, 0.2) is 29.8 Å². The first-order chi connectivity index (χ1) is 17.9. The number of rotatable bonds is 8. The topological polar surface area (TPSA) is 114 Å². The van der Waals surface area contributed by atoms with Gasteiger partial charge in [0.15, 0.2) is 5.82 Å². The summed E-state index contributed by atoms with van der Waals surface area (Å²) in [7, 11) is 3.57. The Morgan fingerprint density at radius 2 is 2.19 bits per heavy atom. The normalized spacial score (nSPS) is 25.5. The van der Waals surface area contributed by atoms with Crippen molar-refractivity contribution in [3.8, 4) is 6.07 Å². The van der Waals surface area contributed by atoms with Crippen molar-refractivity contribution in [3.63, 3.8) is 0 Å². The molecule has 11 heteroatoms. The van der Waals surface area contributed by atoms with E-state index in [9.17, 15) is 10.1 Å². The van der Waals surface area contributed by atoms with Crippen LogP contribution in [0.3, 0.4) is 0 Å². The van der Waals surface area contributed by atoms with Gasteiger partial charge < -0.3 is 15.1 Å². The van der Waals surface area contributed by atoms with Gasteiger partial charge in [0.1, 0.15) is 6.04 Å². The van der Waals surface area contributed by atoms with Crippen molar-refractivity contribution in [2.75, 3.05) is 27.2 Å². The summed E-state index contributed by atoms with van der Waals surface area (Å²) in [6, 6.07) is 7.12. The Morgan fingerprint density at radius 3 is 2.95 bits per heavy atom. The Bertz CT molecular complexity index is 1370. The van der Waals surface area contributed by atoms with Gasteiger partial charge in [0.2, 0.25) is 0 Å². The lowest BCUT2D eigenvalue weighted by Gasteiger charge is -2.32. The molecule has 37 heavy (non-hydrogen) atoms. The van der Waals surface area contributed by atoms with Gasteiger partial charge >= 0.3 is 0 Å². The van der Waals surface area contributed by atoms with Crippen molar-refractivity contribution in [1.82, 2.24) is 35.7 Å². The van der Waals surface area contributed by atoms with Crippen LogP contribution in [0.4, 0.5) is 0 Å². The highest BCUT2D eigenvalue weighted by molar-refractivity contribution is 7.14. The Morgan fingerprint density at radius 1 is 1.35 bits per heavy atom.